The SMILES string of the molecule is NC(=O)CCn1ccc(NC(=O)CCC2CCNCC2)n1. The fourth-order valence-corrected chi connectivity index (χ4v) is 2.49. The molecule has 1 aromatic rings. The Morgan fingerprint density at radius 1 is 1.38 bits per heavy atom. The monoisotopic (exact) mass is 293 g/mol. The first kappa shape index (κ1) is 15.5. The number of nitrogens with zero attached hydrogens (tertiary/aromatic N) is 2. The molecule has 1 saturated heterocycles. The Kier molecular flexibility index (Phi) is 5.74. The lowest BCUT2D eigenvalue weighted by atomic mass is 9.93. The fourth-order valence-electron chi connectivity index (χ4n) is 2.49. The Balaban J connectivity index is 1.70. The molecule has 0 bridgehead atoms. The van der Waals surface area contributed by atoms with E-state index in [9.17, 15) is 9.59 Å². The second-order valence-corrected chi connectivity index (χ2v) is 5.46. The van der Waals surface area contributed by atoms with Gasteiger partial charge in [-0.1, -0.05) is 0 Å². The van der Waals surface area contributed by atoms with Gasteiger partial charge in [0.25, 0.3) is 0 Å². The number of amides is 2. The molecule has 0 spiro atoms. The van der Waals surface area contributed by atoms with Crippen molar-refractivity contribution in [2.45, 2.75) is 38.6 Å². The topological polar surface area (TPSA) is 102 Å². The summed E-state index contributed by atoms with van der Waals surface area (Å²) in [5, 5.41) is 10.3. The molecule has 0 saturated carbocycles. The third-order valence-electron chi connectivity index (χ3n) is 3.73. The van der Waals surface area contributed by atoms with E-state index >= 15 is 0 Å². The second-order valence-electron chi connectivity index (χ2n) is 5.46. The van der Waals surface area contributed by atoms with Crippen molar-refractivity contribution in [1.29, 1.82) is 0 Å². The van der Waals surface area contributed by atoms with Crippen LogP contribution in [-0.2, 0) is 16.1 Å². The molecule has 1 aromatic heterocycles. The first-order chi connectivity index (χ1) is 10.1. The number of nitrogens with two attached hydrogens (primary N) is 1. The number of aromatic nitrogens is 2. The average Bonchev–Trinajstić information content (AvgIpc) is 2.91. The zero-order chi connectivity index (χ0) is 15.1. The van der Waals surface area contributed by atoms with Crippen molar-refractivity contribution in [2.24, 2.45) is 11.7 Å². The van der Waals surface area contributed by atoms with Crippen LogP contribution in [0.4, 0.5) is 5.82 Å². The summed E-state index contributed by atoms with van der Waals surface area (Å²) in [6, 6.07) is 1.73. The van der Waals surface area contributed by atoms with Crippen molar-refractivity contribution >= 4 is 17.6 Å². The lowest BCUT2D eigenvalue weighted by Gasteiger charge is -2.21. The van der Waals surface area contributed by atoms with E-state index in [1.165, 1.54) is 0 Å². The molecule has 21 heavy (non-hydrogen) atoms. The van der Waals surface area contributed by atoms with Gasteiger partial charge in [0, 0.05) is 31.6 Å². The molecule has 2 rings (SSSR count). The van der Waals surface area contributed by atoms with Gasteiger partial charge in [0.05, 0.1) is 0 Å². The van der Waals surface area contributed by atoms with Crippen LogP contribution in [0.3, 0.4) is 0 Å². The smallest absolute Gasteiger partial charge is 0.225 e. The largest absolute Gasteiger partial charge is 0.370 e. The standard InChI is InChI=1S/C14H23N5O2/c15-12(20)5-9-19-10-6-13(18-19)17-14(21)2-1-11-3-7-16-8-4-11/h6,10-11,16H,1-5,7-9H2,(H2,15,20)(H,17,18,21). The number of piperidine rings is 1. The Labute approximate surface area is 124 Å². The molecule has 0 atom stereocenters. The fraction of sp³-hybridized carbons (Fsp3) is 0.643. The van der Waals surface area contributed by atoms with Crippen molar-refractivity contribution in [3.8, 4) is 0 Å². The van der Waals surface area contributed by atoms with Crippen molar-refractivity contribution in [3.05, 3.63) is 12.3 Å². The van der Waals surface area contributed by atoms with Crippen LogP contribution in [0.5, 0.6) is 0 Å². The number of carbonyl (C=O) groups excluding carboxylic acids is 2. The highest BCUT2D eigenvalue weighted by Crippen LogP contribution is 2.18. The van der Waals surface area contributed by atoms with Crippen molar-refractivity contribution < 1.29 is 9.59 Å². The number of rotatable bonds is 7. The second kappa shape index (κ2) is 7.78. The number of aryl methyl sites for hydroxylation is 1. The first-order valence-electron chi connectivity index (χ1n) is 7.46. The molecule has 1 aliphatic rings. The number of carbonyl (C=O) groups is 2. The number of hydrogen-bond acceptors (Lipinski definition) is 4. The molecule has 116 valence electrons. The van der Waals surface area contributed by atoms with Crippen LogP contribution in [0.25, 0.3) is 0 Å². The predicted octanol–water partition coefficient (Wildman–Crippen LogP) is 0.477. The Morgan fingerprint density at radius 2 is 2.14 bits per heavy atom. The van der Waals surface area contributed by atoms with Gasteiger partial charge in [0.15, 0.2) is 5.82 Å². The summed E-state index contributed by atoms with van der Waals surface area (Å²) in [4.78, 5) is 22.6. The molecule has 0 aromatic carbocycles. The molecule has 7 heteroatoms. The normalized spacial score (nSPS) is 15.8. The van der Waals surface area contributed by atoms with Gasteiger partial charge in [0.1, 0.15) is 0 Å². The average molecular weight is 293 g/mol. The number of nitrogens with one attached hydrogen (secondary N) is 2. The third-order valence-corrected chi connectivity index (χ3v) is 3.73. The van der Waals surface area contributed by atoms with E-state index in [1.54, 1.807) is 16.9 Å². The summed E-state index contributed by atoms with van der Waals surface area (Å²) < 4.78 is 1.60. The minimum atomic E-state index is -0.363. The summed E-state index contributed by atoms with van der Waals surface area (Å²) in [6.45, 7) is 2.54. The maximum absolute atomic E-state index is 11.9. The van der Waals surface area contributed by atoms with Crippen LogP contribution in [0.15, 0.2) is 12.3 Å². The summed E-state index contributed by atoms with van der Waals surface area (Å²) in [5.74, 6) is 0.798. The summed E-state index contributed by atoms with van der Waals surface area (Å²) in [6.07, 6.45) is 5.72. The number of primary amides is 1. The molecule has 1 fully saturated rings. The van der Waals surface area contributed by atoms with E-state index < -0.39 is 0 Å². The van der Waals surface area contributed by atoms with Gasteiger partial charge in [-0.15, -0.1) is 0 Å². The van der Waals surface area contributed by atoms with Crippen LogP contribution in [0.1, 0.15) is 32.1 Å². The van der Waals surface area contributed by atoms with Crippen LogP contribution < -0.4 is 16.4 Å². The first-order valence-corrected chi connectivity index (χ1v) is 7.46. The van der Waals surface area contributed by atoms with Gasteiger partial charge in [-0.05, 0) is 38.3 Å². The summed E-state index contributed by atoms with van der Waals surface area (Å²) in [7, 11) is 0. The van der Waals surface area contributed by atoms with Gasteiger partial charge in [0.2, 0.25) is 11.8 Å². The van der Waals surface area contributed by atoms with E-state index in [0.717, 1.165) is 32.4 Å². The number of hydrogen-bond donors (Lipinski definition) is 3. The van der Waals surface area contributed by atoms with Gasteiger partial charge in [-0.25, -0.2) is 0 Å². The molecule has 4 N–H and O–H groups in total. The molecule has 0 radical (unpaired) electrons. The van der Waals surface area contributed by atoms with E-state index in [-0.39, 0.29) is 18.2 Å². The lowest BCUT2D eigenvalue weighted by Crippen LogP contribution is -2.28. The number of anilines is 1. The summed E-state index contributed by atoms with van der Waals surface area (Å²) in [5.41, 5.74) is 5.08. The highest BCUT2D eigenvalue weighted by Gasteiger charge is 2.14. The van der Waals surface area contributed by atoms with Crippen molar-refractivity contribution in [2.75, 3.05) is 18.4 Å². The van der Waals surface area contributed by atoms with Crippen molar-refractivity contribution in [1.82, 2.24) is 15.1 Å². The van der Waals surface area contributed by atoms with E-state index in [2.05, 4.69) is 15.7 Å². The molecular formula is C14H23N5O2. The molecule has 7 nitrogen and oxygen atoms in total. The Bertz CT molecular complexity index is 479. The van der Waals surface area contributed by atoms with E-state index in [4.69, 9.17) is 5.73 Å². The van der Waals surface area contributed by atoms with Gasteiger partial charge < -0.3 is 16.4 Å². The molecule has 1 aliphatic heterocycles. The van der Waals surface area contributed by atoms with E-state index in [0.29, 0.717) is 24.7 Å². The zero-order valence-electron chi connectivity index (χ0n) is 12.2. The minimum absolute atomic E-state index is 0.00585. The minimum Gasteiger partial charge on any atom is -0.370 e. The molecular weight excluding hydrogens is 270 g/mol. The zero-order valence-corrected chi connectivity index (χ0v) is 12.2. The third kappa shape index (κ3) is 5.55. The van der Waals surface area contributed by atoms with Crippen LogP contribution >= 0.6 is 0 Å². The Hall–Kier alpha value is -1.89. The Morgan fingerprint density at radius 3 is 2.86 bits per heavy atom. The molecule has 0 unspecified atom stereocenters. The quantitative estimate of drug-likeness (QED) is 0.680. The maximum atomic E-state index is 11.9. The highest BCUT2D eigenvalue weighted by atomic mass is 16.2. The highest BCUT2D eigenvalue weighted by molar-refractivity contribution is 5.89. The molecule has 2 heterocycles. The maximum Gasteiger partial charge on any atom is 0.225 e. The van der Waals surface area contributed by atoms with Gasteiger partial charge in [-0.2, -0.15) is 5.10 Å². The molecule has 2 amide bonds. The van der Waals surface area contributed by atoms with Crippen LogP contribution in [0, 0.1) is 5.92 Å². The van der Waals surface area contributed by atoms with Gasteiger partial charge >= 0.3 is 0 Å². The predicted molar refractivity (Wildman–Crippen MR) is 79.5 cm³/mol. The lowest BCUT2D eigenvalue weighted by molar-refractivity contribution is -0.118. The van der Waals surface area contributed by atoms with Gasteiger partial charge in [-0.3, -0.25) is 14.3 Å². The van der Waals surface area contributed by atoms with Crippen molar-refractivity contribution in [3.63, 3.8) is 0 Å². The van der Waals surface area contributed by atoms with E-state index in [1.807, 2.05) is 0 Å². The molecule has 0 aliphatic carbocycles. The van der Waals surface area contributed by atoms with Crippen LogP contribution in [-0.4, -0.2) is 34.7 Å². The van der Waals surface area contributed by atoms with Crippen LogP contribution in [0.2, 0.25) is 0 Å². The summed E-state index contributed by atoms with van der Waals surface area (Å²) >= 11 is 0.